The molecule has 1 aliphatic carbocycles. The van der Waals surface area contributed by atoms with Crippen LogP contribution in [0.5, 0.6) is 0 Å². The van der Waals surface area contributed by atoms with Crippen LogP contribution in [0.1, 0.15) is 56.2 Å². The van der Waals surface area contributed by atoms with E-state index in [0.29, 0.717) is 12.0 Å². The third-order valence-corrected chi connectivity index (χ3v) is 7.23. The van der Waals surface area contributed by atoms with Crippen molar-refractivity contribution in [2.45, 2.75) is 45.9 Å². The van der Waals surface area contributed by atoms with Crippen molar-refractivity contribution < 1.29 is 28.9 Å². The number of fused-ring (bicyclic) bond motifs is 3. The molecule has 0 aliphatic heterocycles. The third-order valence-electron chi connectivity index (χ3n) is 6.34. The number of oxime groups is 2. The molecule has 0 saturated heterocycles. The van der Waals surface area contributed by atoms with Crippen molar-refractivity contribution in [3.63, 3.8) is 0 Å². The number of carbonyl (C=O) groups is 4. The van der Waals surface area contributed by atoms with E-state index in [-0.39, 0.29) is 23.0 Å². The van der Waals surface area contributed by atoms with Crippen molar-refractivity contribution in [2.75, 3.05) is 5.75 Å². The van der Waals surface area contributed by atoms with Gasteiger partial charge >= 0.3 is 11.9 Å². The first-order valence-corrected chi connectivity index (χ1v) is 13.7. The second-order valence-corrected chi connectivity index (χ2v) is 10.6. The molecule has 4 rings (SSSR count). The highest BCUT2D eigenvalue weighted by molar-refractivity contribution is 7.99. The number of allylic oxidation sites excluding steroid dienone is 1. The number of hydrogen-bond donors (Lipinski definition) is 0. The Morgan fingerprint density at radius 1 is 0.925 bits per heavy atom. The highest BCUT2D eigenvalue weighted by Gasteiger charge is 2.28. The lowest BCUT2D eigenvalue weighted by atomic mass is 9.87. The predicted octanol–water partition coefficient (Wildman–Crippen LogP) is 5.56. The van der Waals surface area contributed by atoms with Gasteiger partial charge in [-0.1, -0.05) is 23.3 Å². The molecule has 1 aliphatic rings. The van der Waals surface area contributed by atoms with E-state index in [0.717, 1.165) is 38.5 Å². The van der Waals surface area contributed by atoms with Crippen LogP contribution < -0.4 is 0 Å². The number of carbonyl (C=O) groups excluding carboxylic acids is 4. The fourth-order valence-corrected chi connectivity index (χ4v) is 5.21. The average molecular weight is 560 g/mol. The quantitative estimate of drug-likeness (QED) is 0.111. The van der Waals surface area contributed by atoms with Crippen LogP contribution in [0.25, 0.3) is 22.7 Å². The van der Waals surface area contributed by atoms with Crippen molar-refractivity contribution in [3.8, 4) is 5.69 Å². The van der Waals surface area contributed by atoms with Gasteiger partial charge in [-0.2, -0.15) is 0 Å². The van der Waals surface area contributed by atoms with Gasteiger partial charge in [0.05, 0.1) is 5.52 Å². The van der Waals surface area contributed by atoms with Gasteiger partial charge in [0.15, 0.2) is 5.78 Å². The van der Waals surface area contributed by atoms with Crippen molar-refractivity contribution in [1.82, 2.24) is 4.57 Å². The number of benzene rings is 2. The summed E-state index contributed by atoms with van der Waals surface area (Å²) in [5.41, 5.74) is 4.12. The van der Waals surface area contributed by atoms with E-state index < -0.39 is 17.9 Å². The molecule has 0 amide bonds. The zero-order valence-corrected chi connectivity index (χ0v) is 23.7. The molecule has 9 nitrogen and oxygen atoms in total. The molecular formula is C30H29N3O6S. The molecule has 0 fully saturated rings. The van der Waals surface area contributed by atoms with E-state index >= 15 is 0 Å². The fourth-order valence-electron chi connectivity index (χ4n) is 4.55. The molecular weight excluding hydrogens is 530 g/mol. The van der Waals surface area contributed by atoms with Crippen molar-refractivity contribution in [1.29, 1.82) is 0 Å². The summed E-state index contributed by atoms with van der Waals surface area (Å²) in [4.78, 5) is 59.0. The van der Waals surface area contributed by atoms with Crippen LogP contribution in [0.15, 0.2) is 63.7 Å². The van der Waals surface area contributed by atoms with Crippen LogP contribution in [0, 0.1) is 5.92 Å². The Morgan fingerprint density at radius 2 is 1.57 bits per heavy atom. The van der Waals surface area contributed by atoms with Gasteiger partial charge in [0.1, 0.15) is 11.4 Å². The normalized spacial score (nSPS) is 15.1. The van der Waals surface area contributed by atoms with E-state index in [2.05, 4.69) is 43.6 Å². The minimum Gasteiger partial charge on any atom is -0.318 e. The number of thioether (sulfide) groups is 1. The molecule has 206 valence electrons. The molecule has 2 aromatic carbocycles. The lowest BCUT2D eigenvalue weighted by Gasteiger charge is -2.18. The minimum atomic E-state index is -0.618. The summed E-state index contributed by atoms with van der Waals surface area (Å²) in [6, 6.07) is 13.6. The second kappa shape index (κ2) is 12.3. The molecule has 0 N–H and O–H groups in total. The maximum atomic E-state index is 13.1. The molecule has 0 spiro atoms. The zero-order valence-electron chi connectivity index (χ0n) is 22.9. The maximum Gasteiger partial charge on any atom is 0.331 e. The van der Waals surface area contributed by atoms with E-state index in [4.69, 9.17) is 0 Å². The van der Waals surface area contributed by atoms with E-state index in [1.54, 1.807) is 23.9 Å². The molecule has 3 aromatic rings. The smallest absolute Gasteiger partial charge is 0.318 e. The second-order valence-electron chi connectivity index (χ2n) is 9.24. The first-order chi connectivity index (χ1) is 19.1. The molecule has 0 bridgehead atoms. The Kier molecular flexibility index (Phi) is 8.79. The average Bonchev–Trinajstić information content (AvgIpc) is 3.27. The summed E-state index contributed by atoms with van der Waals surface area (Å²) in [5.74, 6) is -1.43. The van der Waals surface area contributed by atoms with E-state index in [1.165, 1.54) is 27.7 Å². The highest BCUT2D eigenvalue weighted by Crippen LogP contribution is 2.37. The number of aromatic nitrogens is 1. The molecule has 1 unspecified atom stereocenters. The summed E-state index contributed by atoms with van der Waals surface area (Å²) in [5, 5.41) is 8.11. The molecule has 40 heavy (non-hydrogen) atoms. The number of rotatable bonds is 9. The molecule has 0 saturated carbocycles. The minimum absolute atomic E-state index is 0.0390. The number of nitrogens with zero attached hydrogens (tertiary/aromatic N) is 3. The number of ketones is 2. The Balaban J connectivity index is 1.81. The van der Waals surface area contributed by atoms with Crippen LogP contribution in [-0.4, -0.2) is 45.2 Å². The fraction of sp³-hybridized carbons (Fsp3) is 0.267. The van der Waals surface area contributed by atoms with Crippen molar-refractivity contribution in [2.24, 2.45) is 16.2 Å². The summed E-state index contributed by atoms with van der Waals surface area (Å²) >= 11 is 1.76. The van der Waals surface area contributed by atoms with Crippen LogP contribution >= 0.6 is 11.8 Å². The van der Waals surface area contributed by atoms with Crippen molar-refractivity contribution in [3.05, 3.63) is 65.4 Å². The Labute approximate surface area is 235 Å². The van der Waals surface area contributed by atoms with Crippen molar-refractivity contribution >= 4 is 63.7 Å². The van der Waals surface area contributed by atoms with Gasteiger partial charge in [-0.05, 0) is 80.1 Å². The van der Waals surface area contributed by atoms with Gasteiger partial charge in [0.2, 0.25) is 5.78 Å². The van der Waals surface area contributed by atoms with Gasteiger partial charge < -0.3 is 14.2 Å². The highest BCUT2D eigenvalue weighted by atomic mass is 32.2. The first kappa shape index (κ1) is 28.7. The van der Waals surface area contributed by atoms with Gasteiger partial charge in [-0.15, -0.1) is 11.8 Å². The van der Waals surface area contributed by atoms with Crippen LogP contribution in [0.3, 0.4) is 0 Å². The zero-order chi connectivity index (χ0) is 29.0. The SMILES string of the molecule is CCSc1ccc(-n2c3c(c4cc(C(=O)/C(C)=N/OC(C)=O)ccc42)CC(C(=O)/C(C)=N/OC(C)=O)C=C3)cc1. The van der Waals surface area contributed by atoms with Gasteiger partial charge in [0, 0.05) is 47.0 Å². The van der Waals surface area contributed by atoms with Crippen LogP contribution in [0.4, 0.5) is 0 Å². The third kappa shape index (κ3) is 6.12. The predicted molar refractivity (Wildman–Crippen MR) is 155 cm³/mol. The van der Waals surface area contributed by atoms with Crippen LogP contribution in [-0.2, 0) is 30.5 Å². The Morgan fingerprint density at radius 3 is 2.20 bits per heavy atom. The standard InChI is InChI=1S/C30H29N3O6S/c1-6-40-24-11-9-23(10-12-24)33-27-13-7-21(29(36)17(2)31-38-19(4)34)15-25(27)26-16-22(8-14-28(26)33)30(37)18(3)32-39-20(5)35/h7-15,22H,6,16H2,1-5H3/b31-17+,32-18+. The van der Waals surface area contributed by atoms with Crippen LogP contribution in [0.2, 0.25) is 0 Å². The lowest BCUT2D eigenvalue weighted by molar-refractivity contribution is -0.141. The monoisotopic (exact) mass is 559 g/mol. The summed E-state index contributed by atoms with van der Waals surface area (Å²) in [7, 11) is 0. The Hall–Kier alpha value is -4.31. The molecule has 1 aromatic heterocycles. The molecule has 1 heterocycles. The first-order valence-electron chi connectivity index (χ1n) is 12.7. The lowest BCUT2D eigenvalue weighted by Crippen LogP contribution is -2.24. The summed E-state index contributed by atoms with van der Waals surface area (Å²) in [6.45, 7) is 7.52. The maximum absolute atomic E-state index is 13.1. The molecule has 10 heteroatoms. The number of Topliss-reactive ketones (excluding diaryl/α,β-unsaturated/α-hetero) is 2. The largest absolute Gasteiger partial charge is 0.331 e. The summed E-state index contributed by atoms with van der Waals surface area (Å²) in [6.07, 6.45) is 4.10. The summed E-state index contributed by atoms with van der Waals surface area (Å²) < 4.78 is 2.11. The van der Waals surface area contributed by atoms with E-state index in [1.807, 2.05) is 30.4 Å². The van der Waals surface area contributed by atoms with Gasteiger partial charge in [0.25, 0.3) is 0 Å². The molecule has 0 radical (unpaired) electrons. The topological polar surface area (TPSA) is 116 Å². The van der Waals surface area contributed by atoms with E-state index in [9.17, 15) is 19.2 Å². The number of hydrogen-bond acceptors (Lipinski definition) is 9. The Bertz CT molecular complexity index is 1600. The van der Waals surface area contributed by atoms with Gasteiger partial charge in [-0.3, -0.25) is 9.59 Å². The molecule has 1 atom stereocenters. The van der Waals surface area contributed by atoms with Gasteiger partial charge in [-0.25, -0.2) is 9.59 Å².